The van der Waals surface area contributed by atoms with Crippen molar-refractivity contribution in [2.24, 2.45) is 0 Å². The SMILES string of the molecule is COC1CC(C(=O)O)N(C(=O)COC2CCCC2)C1. The van der Waals surface area contributed by atoms with E-state index in [4.69, 9.17) is 14.6 Å². The minimum Gasteiger partial charge on any atom is -0.480 e. The number of carboxylic acids is 1. The highest BCUT2D eigenvalue weighted by molar-refractivity contribution is 5.85. The standard InChI is InChI=1S/C13H21NO5/c1-18-10-6-11(13(16)17)14(7-10)12(15)8-19-9-4-2-3-5-9/h9-11H,2-8H2,1H3,(H,16,17). The van der Waals surface area contributed by atoms with E-state index < -0.39 is 12.0 Å². The van der Waals surface area contributed by atoms with E-state index in [-0.39, 0.29) is 24.7 Å². The molecule has 6 heteroatoms. The maximum Gasteiger partial charge on any atom is 0.326 e. The third-order valence-electron chi connectivity index (χ3n) is 3.95. The molecular weight excluding hydrogens is 250 g/mol. The molecule has 2 unspecified atom stereocenters. The highest BCUT2D eigenvalue weighted by Gasteiger charge is 2.39. The van der Waals surface area contributed by atoms with Crippen LogP contribution in [0.4, 0.5) is 0 Å². The summed E-state index contributed by atoms with van der Waals surface area (Å²) in [6.07, 6.45) is 4.59. The molecule has 6 nitrogen and oxygen atoms in total. The molecule has 1 aliphatic heterocycles. The average molecular weight is 271 g/mol. The number of carbonyl (C=O) groups is 2. The lowest BCUT2D eigenvalue weighted by molar-refractivity contribution is -0.150. The number of aliphatic carboxylic acids is 1. The zero-order valence-electron chi connectivity index (χ0n) is 11.2. The molecule has 0 aromatic carbocycles. The second kappa shape index (κ2) is 6.34. The lowest BCUT2D eigenvalue weighted by Gasteiger charge is -2.22. The van der Waals surface area contributed by atoms with E-state index in [0.717, 1.165) is 25.7 Å². The number of methoxy groups -OCH3 is 1. The summed E-state index contributed by atoms with van der Waals surface area (Å²) in [4.78, 5) is 24.6. The Morgan fingerprint density at radius 1 is 1.26 bits per heavy atom. The molecule has 0 radical (unpaired) electrons. The molecule has 1 N–H and O–H groups in total. The topological polar surface area (TPSA) is 76.1 Å². The van der Waals surface area contributed by atoms with E-state index in [0.29, 0.717) is 13.0 Å². The summed E-state index contributed by atoms with van der Waals surface area (Å²) in [5.74, 6) is -1.23. The van der Waals surface area contributed by atoms with Crippen molar-refractivity contribution >= 4 is 11.9 Å². The smallest absolute Gasteiger partial charge is 0.326 e. The predicted molar refractivity (Wildman–Crippen MR) is 66.8 cm³/mol. The van der Waals surface area contributed by atoms with Gasteiger partial charge in [-0.25, -0.2) is 4.79 Å². The van der Waals surface area contributed by atoms with Crippen molar-refractivity contribution < 1.29 is 24.2 Å². The van der Waals surface area contributed by atoms with Crippen LogP contribution in [0.5, 0.6) is 0 Å². The molecule has 19 heavy (non-hydrogen) atoms. The maximum atomic E-state index is 12.1. The Hall–Kier alpha value is -1.14. The average Bonchev–Trinajstić information content (AvgIpc) is 3.04. The van der Waals surface area contributed by atoms with Gasteiger partial charge in [0, 0.05) is 20.1 Å². The van der Waals surface area contributed by atoms with Crippen LogP contribution in [0.1, 0.15) is 32.1 Å². The Morgan fingerprint density at radius 2 is 1.95 bits per heavy atom. The lowest BCUT2D eigenvalue weighted by atomic mass is 10.2. The molecule has 0 aromatic rings. The van der Waals surface area contributed by atoms with Gasteiger partial charge in [-0.05, 0) is 12.8 Å². The van der Waals surface area contributed by atoms with Gasteiger partial charge in [-0.1, -0.05) is 12.8 Å². The zero-order valence-corrected chi connectivity index (χ0v) is 11.2. The summed E-state index contributed by atoms with van der Waals surface area (Å²) in [7, 11) is 1.53. The van der Waals surface area contributed by atoms with Gasteiger partial charge in [0.2, 0.25) is 5.91 Å². The molecule has 0 bridgehead atoms. The zero-order chi connectivity index (χ0) is 13.8. The summed E-state index contributed by atoms with van der Waals surface area (Å²) in [5, 5.41) is 9.14. The number of ether oxygens (including phenoxy) is 2. The van der Waals surface area contributed by atoms with Gasteiger partial charge >= 0.3 is 5.97 Å². The summed E-state index contributed by atoms with van der Waals surface area (Å²) in [6.45, 7) is 0.311. The molecule has 108 valence electrons. The van der Waals surface area contributed by atoms with E-state index in [1.807, 2.05) is 0 Å². The number of nitrogens with zero attached hydrogens (tertiary/aromatic N) is 1. The third kappa shape index (κ3) is 3.45. The normalized spacial score (nSPS) is 27.9. The first-order chi connectivity index (χ1) is 9.11. The van der Waals surface area contributed by atoms with Gasteiger partial charge in [0.05, 0.1) is 12.2 Å². The van der Waals surface area contributed by atoms with Crippen molar-refractivity contribution in [1.82, 2.24) is 4.90 Å². The van der Waals surface area contributed by atoms with Gasteiger partial charge in [-0.3, -0.25) is 4.79 Å². The van der Waals surface area contributed by atoms with Gasteiger partial charge in [-0.15, -0.1) is 0 Å². The Morgan fingerprint density at radius 3 is 2.53 bits per heavy atom. The summed E-state index contributed by atoms with van der Waals surface area (Å²) < 4.78 is 10.7. The van der Waals surface area contributed by atoms with Crippen molar-refractivity contribution in [3.8, 4) is 0 Å². The molecule has 1 aliphatic carbocycles. The molecule has 2 fully saturated rings. The number of carbonyl (C=O) groups excluding carboxylic acids is 1. The van der Waals surface area contributed by atoms with E-state index in [9.17, 15) is 9.59 Å². The first-order valence-electron chi connectivity index (χ1n) is 6.78. The van der Waals surface area contributed by atoms with Crippen LogP contribution in [-0.2, 0) is 19.1 Å². The van der Waals surface area contributed by atoms with Crippen molar-refractivity contribution in [2.75, 3.05) is 20.3 Å². The minimum absolute atomic E-state index is 0.0229. The number of rotatable bonds is 5. The first kappa shape index (κ1) is 14.3. The fraction of sp³-hybridized carbons (Fsp3) is 0.846. The maximum absolute atomic E-state index is 12.1. The van der Waals surface area contributed by atoms with Crippen molar-refractivity contribution in [3.63, 3.8) is 0 Å². The molecule has 1 amide bonds. The number of hydrogen-bond acceptors (Lipinski definition) is 4. The molecule has 2 atom stereocenters. The number of hydrogen-bond donors (Lipinski definition) is 1. The Kier molecular flexibility index (Phi) is 4.76. The van der Waals surface area contributed by atoms with Crippen molar-refractivity contribution in [3.05, 3.63) is 0 Å². The van der Waals surface area contributed by atoms with Gasteiger partial charge in [0.25, 0.3) is 0 Å². The summed E-state index contributed by atoms with van der Waals surface area (Å²) in [6, 6.07) is -0.787. The van der Waals surface area contributed by atoms with Gasteiger partial charge < -0.3 is 19.5 Å². The molecule has 2 aliphatic rings. The van der Waals surface area contributed by atoms with Crippen molar-refractivity contribution in [1.29, 1.82) is 0 Å². The minimum atomic E-state index is -0.978. The van der Waals surface area contributed by atoms with Crippen LogP contribution in [-0.4, -0.2) is 60.4 Å². The van der Waals surface area contributed by atoms with Crippen LogP contribution in [0.2, 0.25) is 0 Å². The molecule has 2 rings (SSSR count). The number of carboxylic acid groups (broad SMARTS) is 1. The highest BCUT2D eigenvalue weighted by Crippen LogP contribution is 2.23. The van der Waals surface area contributed by atoms with E-state index >= 15 is 0 Å². The second-order valence-corrected chi connectivity index (χ2v) is 5.21. The second-order valence-electron chi connectivity index (χ2n) is 5.21. The van der Waals surface area contributed by atoms with E-state index in [2.05, 4.69) is 0 Å². The van der Waals surface area contributed by atoms with Crippen LogP contribution in [0.3, 0.4) is 0 Å². The van der Waals surface area contributed by atoms with Crippen LogP contribution in [0.25, 0.3) is 0 Å². The van der Waals surface area contributed by atoms with E-state index in [1.165, 1.54) is 12.0 Å². The van der Waals surface area contributed by atoms with Gasteiger partial charge in [0.15, 0.2) is 0 Å². The Balaban J connectivity index is 1.87. The van der Waals surface area contributed by atoms with Gasteiger partial charge in [-0.2, -0.15) is 0 Å². The van der Waals surface area contributed by atoms with Crippen LogP contribution in [0.15, 0.2) is 0 Å². The molecule has 0 spiro atoms. The fourth-order valence-electron chi connectivity index (χ4n) is 2.81. The molecule has 0 aromatic heterocycles. The van der Waals surface area contributed by atoms with Gasteiger partial charge in [0.1, 0.15) is 12.6 Å². The molecule has 1 saturated carbocycles. The Bertz CT molecular complexity index is 340. The molecular formula is C13H21NO5. The fourth-order valence-corrected chi connectivity index (χ4v) is 2.81. The predicted octanol–water partition coefficient (Wildman–Crippen LogP) is 0.646. The molecule has 1 saturated heterocycles. The third-order valence-corrected chi connectivity index (χ3v) is 3.95. The summed E-state index contributed by atoms with van der Waals surface area (Å²) >= 11 is 0. The largest absolute Gasteiger partial charge is 0.480 e. The van der Waals surface area contributed by atoms with Crippen LogP contribution >= 0.6 is 0 Å². The lowest BCUT2D eigenvalue weighted by Crippen LogP contribution is -2.42. The highest BCUT2D eigenvalue weighted by atomic mass is 16.5. The van der Waals surface area contributed by atoms with Crippen LogP contribution < -0.4 is 0 Å². The number of likely N-dealkylation sites (tertiary alicyclic amines) is 1. The molecule has 1 heterocycles. The first-order valence-corrected chi connectivity index (χ1v) is 6.78. The monoisotopic (exact) mass is 271 g/mol. The van der Waals surface area contributed by atoms with Crippen LogP contribution in [0, 0.1) is 0 Å². The number of amides is 1. The van der Waals surface area contributed by atoms with E-state index in [1.54, 1.807) is 0 Å². The van der Waals surface area contributed by atoms with Crippen molar-refractivity contribution in [2.45, 2.75) is 50.4 Å². The Labute approximate surface area is 112 Å². The summed E-state index contributed by atoms with van der Waals surface area (Å²) in [5.41, 5.74) is 0. The quantitative estimate of drug-likeness (QED) is 0.794.